The smallest absolute Gasteiger partial charge is 0.195 e. The maximum atomic E-state index is 5.45. The summed E-state index contributed by atoms with van der Waals surface area (Å²) in [7, 11) is 0. The number of fused-ring (bicyclic) bond motifs is 12. The molecule has 0 fully saturated rings. The number of benzene rings is 6. The highest BCUT2D eigenvalue weighted by Gasteiger charge is 2.23. The summed E-state index contributed by atoms with van der Waals surface area (Å²) in [4.78, 5) is 5.45. The average Bonchev–Trinajstić information content (AvgIpc) is 3.79. The minimum atomic E-state index is 0.997. The van der Waals surface area contributed by atoms with Gasteiger partial charge in [0, 0.05) is 47.4 Å². The number of hydrogen-bond donors (Lipinski definition) is 0. The lowest BCUT2D eigenvalue weighted by molar-refractivity contribution is 1.13. The van der Waals surface area contributed by atoms with Crippen molar-refractivity contribution in [2.75, 3.05) is 0 Å². The summed E-state index contributed by atoms with van der Waals surface area (Å²) in [6.45, 7) is 0. The van der Waals surface area contributed by atoms with Gasteiger partial charge in [0.15, 0.2) is 5.13 Å². The first-order chi connectivity index (χ1) is 20.8. The molecule has 5 heteroatoms. The van der Waals surface area contributed by atoms with Gasteiger partial charge in [0.2, 0.25) is 0 Å². The molecule has 4 aromatic heterocycles. The molecule has 196 valence electrons. The normalized spacial score (nSPS) is 12.3. The van der Waals surface area contributed by atoms with Crippen LogP contribution in [0.15, 0.2) is 127 Å². The highest BCUT2D eigenvalue weighted by molar-refractivity contribution is 7.26. The molecule has 10 rings (SSSR count). The second-order valence-corrected chi connectivity index (χ2v) is 12.9. The number of rotatable bonds is 2. The fraction of sp³-hybridized carbons (Fsp3) is 0. The third-order valence-corrected chi connectivity index (χ3v) is 10.7. The van der Waals surface area contributed by atoms with Crippen LogP contribution in [0.25, 0.3) is 84.8 Å². The molecule has 0 aliphatic heterocycles. The molecular formula is C37H21N3S2. The van der Waals surface area contributed by atoms with Gasteiger partial charge < -0.3 is 4.57 Å². The molecule has 3 nitrogen and oxygen atoms in total. The monoisotopic (exact) mass is 571 g/mol. The number of hydrogen-bond acceptors (Lipinski definition) is 3. The maximum absolute atomic E-state index is 5.45. The van der Waals surface area contributed by atoms with E-state index in [1.54, 1.807) is 11.3 Å². The molecule has 0 amide bonds. The summed E-state index contributed by atoms with van der Waals surface area (Å²) < 4.78 is 8.65. The van der Waals surface area contributed by atoms with E-state index < -0.39 is 0 Å². The van der Waals surface area contributed by atoms with Gasteiger partial charge in [0.05, 0.1) is 32.3 Å². The molecular weight excluding hydrogens is 551 g/mol. The molecule has 0 unspecified atom stereocenters. The molecule has 6 aromatic carbocycles. The van der Waals surface area contributed by atoms with Gasteiger partial charge in [-0.05, 0) is 42.5 Å². The van der Waals surface area contributed by atoms with Gasteiger partial charge in [-0.25, -0.2) is 4.98 Å². The number of aromatic nitrogens is 3. The van der Waals surface area contributed by atoms with Crippen molar-refractivity contribution < 1.29 is 0 Å². The minimum Gasteiger partial charge on any atom is -0.307 e. The quantitative estimate of drug-likeness (QED) is 0.202. The predicted octanol–water partition coefficient (Wildman–Crippen LogP) is 10.9. The fourth-order valence-electron chi connectivity index (χ4n) is 6.83. The van der Waals surface area contributed by atoms with Crippen molar-refractivity contribution >= 4 is 96.7 Å². The van der Waals surface area contributed by atoms with Gasteiger partial charge >= 0.3 is 0 Å². The number of thiophene rings is 1. The summed E-state index contributed by atoms with van der Waals surface area (Å²) in [6.07, 6.45) is 0. The van der Waals surface area contributed by atoms with Crippen LogP contribution < -0.4 is 0 Å². The van der Waals surface area contributed by atoms with Gasteiger partial charge in [-0.1, -0.05) is 96.3 Å². The average molecular weight is 572 g/mol. The minimum absolute atomic E-state index is 0.997. The molecule has 0 atom stereocenters. The van der Waals surface area contributed by atoms with Crippen LogP contribution in [0.1, 0.15) is 0 Å². The van der Waals surface area contributed by atoms with E-state index in [4.69, 9.17) is 4.98 Å². The van der Waals surface area contributed by atoms with E-state index in [0.29, 0.717) is 0 Å². The number of thiazole rings is 1. The highest BCUT2D eigenvalue weighted by Crippen LogP contribution is 2.44. The van der Waals surface area contributed by atoms with Crippen molar-refractivity contribution in [2.24, 2.45) is 0 Å². The van der Waals surface area contributed by atoms with Crippen LogP contribution in [-0.4, -0.2) is 14.1 Å². The first-order valence-corrected chi connectivity index (χ1v) is 15.7. The van der Waals surface area contributed by atoms with Crippen LogP contribution in [0.5, 0.6) is 0 Å². The molecule has 0 saturated carbocycles. The van der Waals surface area contributed by atoms with Gasteiger partial charge in [-0.15, -0.1) is 11.3 Å². The first kappa shape index (κ1) is 22.7. The molecule has 0 aliphatic rings. The molecule has 0 N–H and O–H groups in total. The molecule has 4 heterocycles. The van der Waals surface area contributed by atoms with Crippen LogP contribution >= 0.6 is 22.7 Å². The Kier molecular flexibility index (Phi) is 4.48. The molecule has 0 aliphatic carbocycles. The Bertz CT molecular complexity index is 2690. The summed E-state index contributed by atoms with van der Waals surface area (Å²) in [6, 6.07) is 46.1. The van der Waals surface area contributed by atoms with Crippen LogP contribution in [0, 0.1) is 0 Å². The molecule has 0 spiro atoms. The van der Waals surface area contributed by atoms with Crippen LogP contribution in [0.2, 0.25) is 0 Å². The van der Waals surface area contributed by atoms with Gasteiger partial charge in [0.25, 0.3) is 0 Å². The standard InChI is InChI=1S/C37H21N3S2/c1-2-10-22(11-3-1)39-28-15-7-4-12-23(28)25-18-19-26-24-13-5-8-16-29(24)40(36(26)35(25)39)37-38-34-32(42-37)21-20-31-33(34)27-14-6-9-17-30(27)41-31/h1-21H. The van der Waals surface area contributed by atoms with Gasteiger partial charge in [0.1, 0.15) is 0 Å². The zero-order chi connectivity index (χ0) is 27.4. The van der Waals surface area contributed by atoms with Crippen molar-refractivity contribution in [3.8, 4) is 10.8 Å². The van der Waals surface area contributed by atoms with Crippen LogP contribution in [-0.2, 0) is 0 Å². The second-order valence-electron chi connectivity index (χ2n) is 10.8. The zero-order valence-corrected chi connectivity index (χ0v) is 23.9. The van der Waals surface area contributed by atoms with Crippen LogP contribution in [0.4, 0.5) is 0 Å². The van der Waals surface area contributed by atoms with Crippen molar-refractivity contribution in [3.05, 3.63) is 127 Å². The Hall–Kier alpha value is -4.97. The largest absolute Gasteiger partial charge is 0.307 e. The SMILES string of the molecule is c1ccc(-n2c3ccccc3c3ccc4c5ccccc5n(-c5nc6c(ccc7sc8ccccc8c76)s5)c4c32)cc1. The maximum Gasteiger partial charge on any atom is 0.195 e. The van der Waals surface area contributed by atoms with Crippen molar-refractivity contribution in [1.29, 1.82) is 0 Å². The van der Waals surface area contributed by atoms with Crippen molar-refractivity contribution in [3.63, 3.8) is 0 Å². The zero-order valence-electron chi connectivity index (χ0n) is 22.3. The van der Waals surface area contributed by atoms with E-state index in [0.717, 1.165) is 16.3 Å². The predicted molar refractivity (Wildman–Crippen MR) is 181 cm³/mol. The summed E-state index contributed by atoms with van der Waals surface area (Å²) >= 11 is 3.62. The summed E-state index contributed by atoms with van der Waals surface area (Å²) in [5.74, 6) is 0. The molecule has 0 saturated heterocycles. The third-order valence-electron chi connectivity index (χ3n) is 8.56. The summed E-state index contributed by atoms with van der Waals surface area (Å²) in [5, 5.41) is 8.53. The van der Waals surface area contributed by atoms with E-state index >= 15 is 0 Å². The lowest BCUT2D eigenvalue weighted by Crippen LogP contribution is -1.98. The van der Waals surface area contributed by atoms with Gasteiger partial charge in [-0.2, -0.15) is 0 Å². The highest BCUT2D eigenvalue weighted by atomic mass is 32.1. The van der Waals surface area contributed by atoms with Crippen molar-refractivity contribution in [1.82, 2.24) is 14.1 Å². The molecule has 10 aromatic rings. The lowest BCUT2D eigenvalue weighted by atomic mass is 10.1. The Morgan fingerprint density at radius 2 is 1.02 bits per heavy atom. The van der Waals surface area contributed by atoms with Gasteiger partial charge in [-0.3, -0.25) is 4.57 Å². The lowest BCUT2D eigenvalue weighted by Gasteiger charge is -2.10. The van der Waals surface area contributed by atoms with E-state index in [-0.39, 0.29) is 0 Å². The summed E-state index contributed by atoms with van der Waals surface area (Å²) in [5.41, 5.74) is 7.03. The number of nitrogens with zero attached hydrogens (tertiary/aromatic N) is 3. The van der Waals surface area contributed by atoms with E-state index in [1.807, 2.05) is 11.3 Å². The molecule has 0 bridgehead atoms. The topological polar surface area (TPSA) is 22.8 Å². The Balaban J connectivity index is 1.42. The van der Waals surface area contributed by atoms with E-state index in [9.17, 15) is 0 Å². The Labute approximate surface area is 248 Å². The number of para-hydroxylation sites is 3. The Morgan fingerprint density at radius 1 is 0.429 bits per heavy atom. The first-order valence-electron chi connectivity index (χ1n) is 14.1. The van der Waals surface area contributed by atoms with Crippen LogP contribution in [0.3, 0.4) is 0 Å². The Morgan fingerprint density at radius 3 is 1.79 bits per heavy atom. The van der Waals surface area contributed by atoms with Crippen molar-refractivity contribution in [2.45, 2.75) is 0 Å². The fourth-order valence-corrected chi connectivity index (χ4v) is 8.93. The van der Waals surface area contributed by atoms with E-state index in [1.165, 1.54) is 68.5 Å². The molecule has 42 heavy (non-hydrogen) atoms. The van der Waals surface area contributed by atoms with E-state index in [2.05, 4.69) is 137 Å². The molecule has 0 radical (unpaired) electrons. The third kappa shape index (κ3) is 2.91. The second kappa shape index (κ2) is 8.29.